The summed E-state index contributed by atoms with van der Waals surface area (Å²) < 4.78 is 0. The lowest BCUT2D eigenvalue weighted by molar-refractivity contribution is -0.118. The van der Waals surface area contributed by atoms with Crippen LogP contribution in [0, 0.1) is 6.92 Å². The van der Waals surface area contributed by atoms with Gasteiger partial charge in [0.1, 0.15) is 17.3 Å². The van der Waals surface area contributed by atoms with Gasteiger partial charge in [-0.3, -0.25) is 9.59 Å². The number of rotatable bonds is 4. The van der Waals surface area contributed by atoms with Gasteiger partial charge in [-0.15, -0.1) is 0 Å². The maximum Gasteiger partial charge on any atom is 0.274 e. The molecule has 1 aliphatic heterocycles. The van der Waals surface area contributed by atoms with Gasteiger partial charge in [-0.05, 0) is 25.1 Å². The van der Waals surface area contributed by atoms with E-state index in [1.54, 1.807) is 36.1 Å². The molecular weight excluding hydrogens is 377 g/mol. The lowest BCUT2D eigenvalue weighted by Crippen LogP contribution is -2.46. The second-order valence-electron chi connectivity index (χ2n) is 5.87. The third kappa shape index (κ3) is 4.23. The summed E-state index contributed by atoms with van der Waals surface area (Å²) in [4.78, 5) is 35.8. The zero-order chi connectivity index (χ0) is 18.7. The monoisotopic (exact) mass is 393 g/mol. The number of carbonyl (C=O) groups excluding carboxylic acids is 2. The molecule has 1 aromatic carbocycles. The minimum atomic E-state index is -0.360. The highest BCUT2D eigenvalue weighted by atomic mass is 35.5. The fraction of sp³-hybridized carbons (Fsp3) is 0.294. The second-order valence-corrected chi connectivity index (χ2v) is 6.68. The van der Waals surface area contributed by atoms with Crippen LogP contribution in [0.4, 0.5) is 11.5 Å². The van der Waals surface area contributed by atoms with E-state index in [1.165, 1.54) is 0 Å². The molecule has 1 saturated heterocycles. The Morgan fingerprint density at radius 1 is 1.12 bits per heavy atom. The number of hydrogen-bond donors (Lipinski definition) is 1. The Morgan fingerprint density at radius 2 is 1.85 bits per heavy atom. The van der Waals surface area contributed by atoms with Gasteiger partial charge in [0.25, 0.3) is 5.91 Å². The lowest BCUT2D eigenvalue weighted by atomic mass is 10.2. The van der Waals surface area contributed by atoms with E-state index in [2.05, 4.69) is 15.3 Å². The first-order valence-corrected chi connectivity index (χ1v) is 8.78. The van der Waals surface area contributed by atoms with Crippen molar-refractivity contribution in [1.82, 2.24) is 14.9 Å². The highest BCUT2D eigenvalue weighted by molar-refractivity contribution is 6.42. The zero-order valence-corrected chi connectivity index (χ0v) is 15.6. The molecule has 0 saturated carbocycles. The summed E-state index contributed by atoms with van der Waals surface area (Å²) in [5, 5.41) is 3.53. The van der Waals surface area contributed by atoms with Gasteiger partial charge in [0, 0.05) is 37.9 Å². The smallest absolute Gasteiger partial charge is 0.274 e. The molecule has 9 heteroatoms. The maximum absolute atomic E-state index is 12.5. The normalized spacial score (nSPS) is 14.3. The lowest BCUT2D eigenvalue weighted by Gasteiger charge is -2.33. The van der Waals surface area contributed by atoms with Gasteiger partial charge in [0.2, 0.25) is 6.41 Å². The van der Waals surface area contributed by atoms with E-state index < -0.39 is 0 Å². The van der Waals surface area contributed by atoms with E-state index in [0.717, 1.165) is 6.41 Å². The van der Waals surface area contributed by atoms with Crippen LogP contribution in [-0.2, 0) is 4.79 Å². The molecule has 0 spiro atoms. The minimum absolute atomic E-state index is 0.261. The van der Waals surface area contributed by atoms with Crippen molar-refractivity contribution in [3.05, 3.63) is 45.8 Å². The van der Waals surface area contributed by atoms with Crippen LogP contribution < -0.4 is 10.2 Å². The van der Waals surface area contributed by atoms with Crippen LogP contribution in [0.1, 0.15) is 16.3 Å². The number of hydrogen-bond acceptors (Lipinski definition) is 5. The molecule has 0 aliphatic carbocycles. The summed E-state index contributed by atoms with van der Waals surface area (Å²) in [5.41, 5.74) is 0.790. The minimum Gasteiger partial charge on any atom is -0.353 e. The van der Waals surface area contributed by atoms with Crippen molar-refractivity contribution in [1.29, 1.82) is 0 Å². The van der Waals surface area contributed by atoms with Crippen molar-refractivity contribution >= 4 is 47.0 Å². The van der Waals surface area contributed by atoms with Crippen molar-refractivity contribution in [2.75, 3.05) is 36.4 Å². The van der Waals surface area contributed by atoms with Crippen molar-refractivity contribution in [3.8, 4) is 0 Å². The van der Waals surface area contributed by atoms with Gasteiger partial charge in [-0.1, -0.05) is 23.2 Å². The third-order valence-electron chi connectivity index (χ3n) is 4.02. The fourth-order valence-electron chi connectivity index (χ4n) is 2.66. The summed E-state index contributed by atoms with van der Waals surface area (Å²) in [5.74, 6) is 0.809. The topological polar surface area (TPSA) is 78.4 Å². The molecule has 2 aromatic rings. The number of carbonyl (C=O) groups is 2. The first-order valence-electron chi connectivity index (χ1n) is 8.02. The number of piperazine rings is 1. The van der Waals surface area contributed by atoms with Crippen molar-refractivity contribution < 1.29 is 9.59 Å². The Balaban J connectivity index is 1.77. The molecule has 0 atom stereocenters. The number of aromatic nitrogens is 2. The van der Waals surface area contributed by atoms with Gasteiger partial charge in [-0.25, -0.2) is 9.97 Å². The van der Waals surface area contributed by atoms with Crippen LogP contribution in [0.15, 0.2) is 24.3 Å². The Hall–Kier alpha value is -2.38. The SMILES string of the molecule is Cc1nc(C(=O)Nc2ccc(Cl)c(Cl)c2)cc(N2CCN(C=O)CC2)n1. The second kappa shape index (κ2) is 7.88. The third-order valence-corrected chi connectivity index (χ3v) is 4.76. The van der Waals surface area contributed by atoms with E-state index >= 15 is 0 Å². The molecule has 1 aliphatic rings. The number of amides is 2. The average molecular weight is 394 g/mol. The van der Waals surface area contributed by atoms with Crippen molar-refractivity contribution in [2.45, 2.75) is 6.92 Å². The van der Waals surface area contributed by atoms with E-state index in [1.807, 2.05) is 4.90 Å². The molecule has 2 amide bonds. The summed E-state index contributed by atoms with van der Waals surface area (Å²) in [7, 11) is 0. The number of nitrogens with one attached hydrogen (secondary N) is 1. The highest BCUT2D eigenvalue weighted by Crippen LogP contribution is 2.25. The standard InChI is InChI=1S/C17H17Cl2N5O2/c1-11-20-15(17(26)22-12-2-3-13(18)14(19)8-12)9-16(21-11)24-6-4-23(10-25)5-7-24/h2-3,8-10H,4-7H2,1H3,(H,22,26). The van der Waals surface area contributed by atoms with Crippen LogP contribution in [0.5, 0.6) is 0 Å². The van der Waals surface area contributed by atoms with Crippen LogP contribution in [-0.4, -0.2) is 53.4 Å². The Morgan fingerprint density at radius 3 is 2.50 bits per heavy atom. The van der Waals surface area contributed by atoms with E-state index in [0.29, 0.717) is 53.6 Å². The molecule has 2 heterocycles. The fourth-order valence-corrected chi connectivity index (χ4v) is 2.95. The van der Waals surface area contributed by atoms with Crippen molar-refractivity contribution in [2.24, 2.45) is 0 Å². The molecule has 1 aromatic heterocycles. The molecule has 1 N–H and O–H groups in total. The number of halogens is 2. The van der Waals surface area contributed by atoms with Gasteiger partial charge in [0.15, 0.2) is 0 Å². The summed E-state index contributed by atoms with van der Waals surface area (Å²) in [6.45, 7) is 4.29. The average Bonchev–Trinajstić information content (AvgIpc) is 2.64. The largest absolute Gasteiger partial charge is 0.353 e. The number of nitrogens with zero attached hydrogens (tertiary/aromatic N) is 4. The quantitative estimate of drug-likeness (QED) is 0.807. The van der Waals surface area contributed by atoms with Crippen LogP contribution in [0.25, 0.3) is 0 Å². The molecule has 136 valence electrons. The molecule has 0 radical (unpaired) electrons. The molecule has 3 rings (SSSR count). The Labute approximate surface area is 160 Å². The van der Waals surface area contributed by atoms with Crippen LogP contribution >= 0.6 is 23.2 Å². The first-order chi connectivity index (χ1) is 12.5. The van der Waals surface area contributed by atoms with E-state index in [9.17, 15) is 9.59 Å². The van der Waals surface area contributed by atoms with Crippen LogP contribution in [0.3, 0.4) is 0 Å². The zero-order valence-electron chi connectivity index (χ0n) is 14.1. The number of anilines is 2. The Bertz CT molecular complexity index is 838. The molecule has 1 fully saturated rings. The van der Waals surface area contributed by atoms with Gasteiger partial charge in [-0.2, -0.15) is 0 Å². The summed E-state index contributed by atoms with van der Waals surface area (Å²) in [6, 6.07) is 6.51. The van der Waals surface area contributed by atoms with Gasteiger partial charge >= 0.3 is 0 Å². The van der Waals surface area contributed by atoms with Gasteiger partial charge in [0.05, 0.1) is 10.0 Å². The molecule has 7 nitrogen and oxygen atoms in total. The first kappa shape index (κ1) is 18.4. The van der Waals surface area contributed by atoms with E-state index in [-0.39, 0.29) is 11.6 Å². The highest BCUT2D eigenvalue weighted by Gasteiger charge is 2.19. The predicted molar refractivity (Wildman–Crippen MR) is 101 cm³/mol. The molecular formula is C17H17Cl2N5O2. The molecule has 0 unspecified atom stereocenters. The molecule has 0 bridgehead atoms. The van der Waals surface area contributed by atoms with Gasteiger partial charge < -0.3 is 15.1 Å². The number of benzene rings is 1. The predicted octanol–water partition coefficient (Wildman–Crippen LogP) is 2.62. The van der Waals surface area contributed by atoms with E-state index in [4.69, 9.17) is 23.2 Å². The van der Waals surface area contributed by atoms with Crippen molar-refractivity contribution in [3.63, 3.8) is 0 Å². The number of aryl methyl sites for hydroxylation is 1. The Kier molecular flexibility index (Phi) is 5.58. The summed E-state index contributed by atoms with van der Waals surface area (Å²) in [6.07, 6.45) is 0.846. The summed E-state index contributed by atoms with van der Waals surface area (Å²) >= 11 is 11.9. The molecule has 26 heavy (non-hydrogen) atoms. The maximum atomic E-state index is 12.5. The van der Waals surface area contributed by atoms with Crippen LogP contribution in [0.2, 0.25) is 10.0 Å².